The van der Waals surface area contributed by atoms with Crippen molar-refractivity contribution in [3.05, 3.63) is 47.3 Å². The van der Waals surface area contributed by atoms with Gasteiger partial charge in [-0.15, -0.1) is 5.10 Å². The molecule has 19 nitrogen and oxygen atoms in total. The Balaban J connectivity index is 1.23. The third kappa shape index (κ3) is 13.4. The van der Waals surface area contributed by atoms with Crippen LogP contribution in [-0.4, -0.2) is 193 Å². The van der Waals surface area contributed by atoms with Crippen LogP contribution < -0.4 is 0 Å². The number of halogens is 2. The Morgan fingerprint density at radius 2 is 1.64 bits per heavy atom. The summed E-state index contributed by atoms with van der Waals surface area (Å²) in [6, 6.07) is 2.17. The van der Waals surface area contributed by atoms with Crippen molar-refractivity contribution in [3.63, 3.8) is 0 Å². The molecule has 3 fully saturated rings. The van der Waals surface area contributed by atoms with Crippen LogP contribution in [0, 0.1) is 29.4 Å². The fraction of sp³-hybridized carbons (Fsp3) is 0.804. The number of carbonyl (C=O) groups excluding carboxylic acids is 1. The summed E-state index contributed by atoms with van der Waals surface area (Å²) >= 11 is 0. The highest BCUT2D eigenvalue weighted by Gasteiger charge is 2.53. The Morgan fingerprint density at radius 1 is 0.958 bits per heavy atom. The summed E-state index contributed by atoms with van der Waals surface area (Å²) < 4.78 is 67.5. The van der Waals surface area contributed by atoms with Crippen LogP contribution in [0.5, 0.6) is 0 Å². The fourth-order valence-corrected chi connectivity index (χ4v) is 11.3. The van der Waals surface area contributed by atoms with Crippen molar-refractivity contribution < 1.29 is 72.4 Å². The van der Waals surface area contributed by atoms with Gasteiger partial charge in [0.05, 0.1) is 59.5 Å². The SMILES string of the molecule is CC[C@H]1OC(=O)[C@H](C)[C@@H](O[C@H]2C[C@@](C)(OC)[C@@H](O)[C@H](C)O2)[C@H](C)[C@@H](O[C@@H]2O[C@H](C)C[C@H](N(C)CCc3cn(C[C@H]4CC(c5cc(F)cc(F)c5)=NO4)nn3)[C@H]2O)[C@](C)(O)C[C@@H](C)CN(C)[C@H](C)[C@@H](O)[C@]1(C)O. The fourth-order valence-electron chi connectivity index (χ4n) is 11.3. The summed E-state index contributed by atoms with van der Waals surface area (Å²) in [5.41, 5.74) is -3.16. The molecule has 0 saturated carbocycles. The van der Waals surface area contributed by atoms with E-state index in [9.17, 15) is 39.1 Å². The van der Waals surface area contributed by atoms with Crippen LogP contribution in [0.15, 0.2) is 29.6 Å². The first-order chi connectivity index (χ1) is 33.7. The monoisotopic (exact) mass is 1020 g/mol. The Hall–Kier alpha value is -3.32. The lowest BCUT2D eigenvalue weighted by Crippen LogP contribution is -2.61. The number of ether oxygens (including phenoxy) is 6. The van der Waals surface area contributed by atoms with Gasteiger partial charge in [0.2, 0.25) is 0 Å². The molecule has 0 aliphatic carbocycles. The highest BCUT2D eigenvalue weighted by atomic mass is 19.1. The standard InChI is InChI=1S/C51H82F2N6O13/c1-14-40-51(10,65)44(61)31(6)58(12)24-27(2)22-49(8,64)46(29(4)43(30(5)47(63)69-40)70-41-23-50(9,66-13)45(62)32(7)68-41)71-48-42(60)39(17-28(3)67-48)57(11)16-15-36-25-59(56-54-36)26-37-21-38(55-72-37)33-18-34(52)20-35(53)19-33/h18-20,25,27-32,37,39-46,48,60-62,64-65H,14-17,21-24,26H2,1-13H3/t27-,28-,29+,30-,31-,32+,37-,39+,40-,41+,42-,43+,44-,45+,46-,48+,49-,50-,51-/m1/s1. The highest BCUT2D eigenvalue weighted by Crippen LogP contribution is 2.40. The predicted molar refractivity (Wildman–Crippen MR) is 259 cm³/mol. The molecule has 4 aliphatic heterocycles. The van der Waals surface area contributed by atoms with Gasteiger partial charge in [-0.2, -0.15) is 0 Å². The van der Waals surface area contributed by atoms with Gasteiger partial charge < -0.3 is 68.6 Å². The molecule has 72 heavy (non-hydrogen) atoms. The molecular weight excluding hydrogens is 943 g/mol. The minimum absolute atomic E-state index is 0.0833. The molecule has 408 valence electrons. The quantitative estimate of drug-likeness (QED) is 0.181. The number of aromatic nitrogens is 3. The topological polar surface area (TPSA) is 232 Å². The summed E-state index contributed by atoms with van der Waals surface area (Å²) in [5, 5.41) is 72.3. The number of nitrogens with zero attached hydrogens (tertiary/aromatic N) is 6. The van der Waals surface area contributed by atoms with Crippen molar-refractivity contribution in [3.8, 4) is 0 Å². The first kappa shape index (κ1) is 57.9. The van der Waals surface area contributed by atoms with Crippen LogP contribution in [0.25, 0.3) is 0 Å². The third-order valence-electron chi connectivity index (χ3n) is 15.7. The van der Waals surface area contributed by atoms with E-state index in [-0.39, 0.29) is 25.2 Å². The van der Waals surface area contributed by atoms with Crippen LogP contribution in [-0.2, 0) is 51.0 Å². The predicted octanol–water partition coefficient (Wildman–Crippen LogP) is 3.58. The van der Waals surface area contributed by atoms with Gasteiger partial charge in [0.25, 0.3) is 0 Å². The zero-order valence-electron chi connectivity index (χ0n) is 44.4. The van der Waals surface area contributed by atoms with Crippen LogP contribution in [0.4, 0.5) is 8.78 Å². The zero-order valence-corrected chi connectivity index (χ0v) is 44.4. The van der Waals surface area contributed by atoms with E-state index < -0.39 is 126 Å². The van der Waals surface area contributed by atoms with E-state index in [1.54, 1.807) is 59.3 Å². The largest absolute Gasteiger partial charge is 0.459 e. The number of carbonyl (C=O) groups is 1. The van der Waals surface area contributed by atoms with E-state index >= 15 is 0 Å². The number of aliphatic hydroxyl groups is 5. The second-order valence-electron chi connectivity index (χ2n) is 22.0. The Bertz CT molecular complexity index is 2120. The maximum Gasteiger partial charge on any atom is 0.311 e. The summed E-state index contributed by atoms with van der Waals surface area (Å²) in [5.74, 6) is -4.27. The van der Waals surface area contributed by atoms with Gasteiger partial charge in [-0.05, 0) is 99.9 Å². The number of oxime groups is 1. The van der Waals surface area contributed by atoms with Crippen LogP contribution in [0.2, 0.25) is 0 Å². The number of likely N-dealkylation sites (N-methyl/N-ethyl adjacent to an activating group) is 2. The van der Waals surface area contributed by atoms with E-state index in [1.807, 2.05) is 37.7 Å². The smallest absolute Gasteiger partial charge is 0.311 e. The lowest BCUT2D eigenvalue weighted by molar-refractivity contribution is -0.318. The van der Waals surface area contributed by atoms with Crippen LogP contribution in [0.1, 0.15) is 113 Å². The maximum absolute atomic E-state index is 14.5. The Labute approximate surface area is 423 Å². The molecule has 1 aromatic carbocycles. The molecule has 1 aromatic heterocycles. The molecule has 4 aliphatic rings. The number of methoxy groups -OCH3 is 1. The van der Waals surface area contributed by atoms with E-state index in [2.05, 4.69) is 15.5 Å². The first-order valence-corrected chi connectivity index (χ1v) is 25.5. The van der Waals surface area contributed by atoms with Crippen molar-refractivity contribution in [2.24, 2.45) is 22.9 Å². The molecule has 0 amide bonds. The molecule has 0 radical (unpaired) electrons. The van der Waals surface area contributed by atoms with E-state index in [4.69, 9.17) is 33.3 Å². The number of benzene rings is 1. The van der Waals surface area contributed by atoms with Gasteiger partial charge in [0.15, 0.2) is 18.7 Å². The molecule has 19 atom stereocenters. The Morgan fingerprint density at radius 3 is 2.29 bits per heavy atom. The molecule has 6 rings (SSSR count). The molecule has 5 N–H and O–H groups in total. The number of rotatable bonds is 13. The molecule has 3 saturated heterocycles. The van der Waals surface area contributed by atoms with Crippen molar-refractivity contribution in [2.45, 2.75) is 211 Å². The number of aliphatic hydroxyl groups excluding tert-OH is 3. The van der Waals surface area contributed by atoms with Crippen LogP contribution in [0.3, 0.4) is 0 Å². The summed E-state index contributed by atoms with van der Waals surface area (Å²) in [4.78, 5) is 23.9. The highest BCUT2D eigenvalue weighted by molar-refractivity contribution is 6.01. The van der Waals surface area contributed by atoms with E-state index in [0.717, 1.165) is 6.07 Å². The lowest BCUT2D eigenvalue weighted by Gasteiger charge is -2.49. The number of hydrogen-bond donors (Lipinski definition) is 5. The van der Waals surface area contributed by atoms with Gasteiger partial charge >= 0.3 is 5.97 Å². The van der Waals surface area contributed by atoms with E-state index in [1.165, 1.54) is 26.2 Å². The summed E-state index contributed by atoms with van der Waals surface area (Å²) in [6.07, 6.45) is -7.23. The lowest BCUT2D eigenvalue weighted by atomic mass is 9.77. The van der Waals surface area contributed by atoms with Gasteiger partial charge in [0, 0.05) is 75.3 Å². The van der Waals surface area contributed by atoms with Crippen molar-refractivity contribution in [1.82, 2.24) is 24.8 Å². The number of esters is 1. The minimum Gasteiger partial charge on any atom is -0.459 e. The van der Waals surface area contributed by atoms with Gasteiger partial charge in [0.1, 0.15) is 41.7 Å². The average molecular weight is 1030 g/mol. The van der Waals surface area contributed by atoms with Crippen LogP contribution >= 0.6 is 0 Å². The second kappa shape index (κ2) is 23.7. The Kier molecular flexibility index (Phi) is 19.1. The molecule has 0 bridgehead atoms. The van der Waals surface area contributed by atoms with Gasteiger partial charge in [-0.25, -0.2) is 13.5 Å². The molecule has 5 heterocycles. The summed E-state index contributed by atoms with van der Waals surface area (Å²) in [6.45, 7) is 18.6. The van der Waals surface area contributed by atoms with Gasteiger partial charge in [-0.1, -0.05) is 31.1 Å². The number of cyclic esters (lactones) is 1. The zero-order chi connectivity index (χ0) is 53.2. The van der Waals surface area contributed by atoms with Crippen molar-refractivity contribution in [1.29, 1.82) is 0 Å². The first-order valence-electron chi connectivity index (χ1n) is 25.5. The summed E-state index contributed by atoms with van der Waals surface area (Å²) in [7, 11) is 5.20. The normalized spacial score (nSPS) is 41.1. The molecule has 0 spiro atoms. The van der Waals surface area contributed by atoms with Crippen molar-refractivity contribution >= 4 is 11.7 Å². The average Bonchev–Trinajstić information content (AvgIpc) is 3.98. The maximum atomic E-state index is 14.5. The third-order valence-corrected chi connectivity index (χ3v) is 15.7. The molecule has 0 unspecified atom stereocenters. The minimum atomic E-state index is -1.85. The number of hydrogen-bond acceptors (Lipinski definition) is 18. The second-order valence-corrected chi connectivity index (χ2v) is 22.0. The van der Waals surface area contributed by atoms with E-state index in [0.29, 0.717) is 55.9 Å². The van der Waals surface area contributed by atoms with Gasteiger partial charge in [-0.3, -0.25) is 4.79 Å². The van der Waals surface area contributed by atoms with Crippen molar-refractivity contribution in [2.75, 3.05) is 34.3 Å². The molecule has 21 heteroatoms. The molecular formula is C51H82F2N6O13. The molecule has 2 aromatic rings.